The topological polar surface area (TPSA) is 9.23 Å². The highest BCUT2D eigenvalue weighted by Crippen LogP contribution is 2.17. The summed E-state index contributed by atoms with van der Waals surface area (Å²) in [5.41, 5.74) is 2.55. The molecule has 0 amide bonds. The lowest BCUT2D eigenvalue weighted by atomic mass is 10.1. The van der Waals surface area contributed by atoms with Crippen LogP contribution in [0, 0.1) is 0 Å². The van der Waals surface area contributed by atoms with Crippen LogP contribution < -0.4 is 0 Å². The Labute approximate surface area is 133 Å². The summed E-state index contributed by atoms with van der Waals surface area (Å²) in [7, 11) is 0. The van der Waals surface area contributed by atoms with Gasteiger partial charge >= 0.3 is 0 Å². The summed E-state index contributed by atoms with van der Waals surface area (Å²) < 4.78 is 4.31. The van der Waals surface area contributed by atoms with Gasteiger partial charge in [0.15, 0.2) is 0 Å². The zero-order chi connectivity index (χ0) is 14.1. The largest absolute Gasteiger partial charge is 0.315 e. The Morgan fingerprint density at radius 3 is 1.11 bits per heavy atom. The lowest BCUT2D eigenvalue weighted by Gasteiger charge is -2.01. The van der Waals surface area contributed by atoms with Crippen LogP contribution in [-0.2, 0) is 4.74 Å². The Balaban J connectivity index is 0.000000224. The maximum absolute atomic E-state index is 5.05. The van der Waals surface area contributed by atoms with Gasteiger partial charge < -0.3 is 4.74 Å². The Morgan fingerprint density at radius 2 is 0.895 bits per heavy atom. The Hall–Kier alpha value is -0.440. The Kier molecular flexibility index (Phi) is 8.27. The van der Waals surface area contributed by atoms with Crippen LogP contribution >= 0.6 is 46.4 Å². The highest BCUT2D eigenvalue weighted by atomic mass is 35.5. The van der Waals surface area contributed by atoms with E-state index in [4.69, 9.17) is 46.4 Å². The standard InChI is InChI=1S/C12H10.C2H2Cl4O/c1-3-7-11(8-4-1)12-9-5-2-6-10-12;3-1(4)7-2(5)6/h1-10H;1-2H. The minimum absolute atomic E-state index is 0.944. The predicted octanol–water partition coefficient (Wildman–Crippen LogP) is 5.88. The van der Waals surface area contributed by atoms with Crippen molar-refractivity contribution in [1.82, 2.24) is 0 Å². The first-order valence-electron chi connectivity index (χ1n) is 5.42. The van der Waals surface area contributed by atoms with Gasteiger partial charge in [0.1, 0.15) is 0 Å². The minimum atomic E-state index is -0.944. The highest BCUT2D eigenvalue weighted by molar-refractivity contribution is 6.45. The van der Waals surface area contributed by atoms with Crippen molar-refractivity contribution >= 4 is 46.4 Å². The van der Waals surface area contributed by atoms with E-state index in [-0.39, 0.29) is 0 Å². The molecule has 0 spiro atoms. The summed E-state index contributed by atoms with van der Waals surface area (Å²) in [5, 5.41) is -1.89. The molecular formula is C14H12Cl4O. The van der Waals surface area contributed by atoms with Gasteiger partial charge in [0.05, 0.1) is 0 Å². The molecule has 0 saturated carbocycles. The lowest BCUT2D eigenvalue weighted by molar-refractivity contribution is 0.177. The van der Waals surface area contributed by atoms with Gasteiger partial charge in [0, 0.05) is 0 Å². The lowest BCUT2D eigenvalue weighted by Crippen LogP contribution is -1.99. The van der Waals surface area contributed by atoms with Gasteiger partial charge in [-0.2, -0.15) is 0 Å². The van der Waals surface area contributed by atoms with Crippen LogP contribution in [0.4, 0.5) is 0 Å². The number of rotatable bonds is 3. The summed E-state index contributed by atoms with van der Waals surface area (Å²) in [4.78, 5) is 0. The van der Waals surface area contributed by atoms with Crippen molar-refractivity contribution in [1.29, 1.82) is 0 Å². The summed E-state index contributed by atoms with van der Waals surface area (Å²) >= 11 is 20.2. The second-order valence-corrected chi connectivity index (χ2v) is 5.42. The molecule has 102 valence electrons. The Morgan fingerprint density at radius 1 is 0.579 bits per heavy atom. The van der Waals surface area contributed by atoms with Gasteiger partial charge in [-0.25, -0.2) is 0 Å². The third-order valence-corrected chi connectivity index (χ3v) is 2.50. The van der Waals surface area contributed by atoms with Gasteiger partial charge in [0.25, 0.3) is 0 Å². The summed E-state index contributed by atoms with van der Waals surface area (Å²) in [6, 6.07) is 20.8. The van der Waals surface area contributed by atoms with Crippen molar-refractivity contribution in [3.63, 3.8) is 0 Å². The van der Waals surface area contributed by atoms with Gasteiger partial charge in [-0.05, 0) is 11.1 Å². The fourth-order valence-corrected chi connectivity index (χ4v) is 1.96. The van der Waals surface area contributed by atoms with Crippen molar-refractivity contribution in [2.45, 2.75) is 10.0 Å². The van der Waals surface area contributed by atoms with Crippen LogP contribution in [0.15, 0.2) is 60.7 Å². The van der Waals surface area contributed by atoms with Crippen LogP contribution in [0.1, 0.15) is 0 Å². The first kappa shape index (κ1) is 16.6. The molecule has 2 aromatic rings. The average Bonchev–Trinajstić information content (AvgIpc) is 2.40. The van der Waals surface area contributed by atoms with Crippen LogP contribution in [0.2, 0.25) is 0 Å². The number of hydrogen-bond donors (Lipinski definition) is 0. The second-order valence-electron chi connectivity index (χ2n) is 3.39. The number of halogens is 4. The summed E-state index contributed by atoms with van der Waals surface area (Å²) in [6.45, 7) is 0. The van der Waals surface area contributed by atoms with E-state index in [1.165, 1.54) is 11.1 Å². The predicted molar refractivity (Wildman–Crippen MR) is 84.0 cm³/mol. The molecule has 0 radical (unpaired) electrons. The molecule has 0 aliphatic rings. The van der Waals surface area contributed by atoms with E-state index in [1.54, 1.807) is 0 Å². The first-order chi connectivity index (χ1) is 9.09. The molecule has 5 heteroatoms. The molecule has 0 fully saturated rings. The average molecular weight is 338 g/mol. The minimum Gasteiger partial charge on any atom is -0.315 e. The molecule has 0 saturated heterocycles. The molecule has 2 rings (SSSR count). The monoisotopic (exact) mass is 336 g/mol. The number of ether oxygens (including phenoxy) is 1. The van der Waals surface area contributed by atoms with Crippen molar-refractivity contribution in [2.75, 3.05) is 0 Å². The molecule has 1 nitrogen and oxygen atoms in total. The second kappa shape index (κ2) is 9.46. The van der Waals surface area contributed by atoms with E-state index in [9.17, 15) is 0 Å². The fourth-order valence-electron chi connectivity index (χ4n) is 1.34. The molecule has 0 bridgehead atoms. The molecule has 0 aliphatic heterocycles. The molecule has 2 aromatic carbocycles. The zero-order valence-corrected chi connectivity index (χ0v) is 12.9. The SMILES string of the molecule is ClC(Cl)OC(Cl)Cl.c1ccc(-c2ccccc2)cc1. The van der Waals surface area contributed by atoms with Crippen LogP contribution in [0.5, 0.6) is 0 Å². The van der Waals surface area contributed by atoms with Crippen LogP contribution in [-0.4, -0.2) is 10.0 Å². The van der Waals surface area contributed by atoms with Gasteiger partial charge in [-0.15, -0.1) is 0 Å². The third-order valence-electron chi connectivity index (χ3n) is 2.09. The molecule has 0 aromatic heterocycles. The number of hydrogen-bond acceptors (Lipinski definition) is 1. The molecule has 0 N–H and O–H groups in total. The fraction of sp³-hybridized carbons (Fsp3) is 0.143. The summed E-state index contributed by atoms with van der Waals surface area (Å²) in [5.74, 6) is 0. The molecule has 0 heterocycles. The van der Waals surface area contributed by atoms with E-state index < -0.39 is 10.0 Å². The maximum Gasteiger partial charge on any atom is 0.209 e. The number of alkyl halides is 4. The van der Waals surface area contributed by atoms with Gasteiger partial charge in [-0.1, -0.05) is 107 Å². The first-order valence-corrected chi connectivity index (χ1v) is 7.16. The Bertz CT molecular complexity index is 402. The number of benzene rings is 2. The molecule has 0 atom stereocenters. The van der Waals surface area contributed by atoms with E-state index in [1.807, 2.05) is 12.1 Å². The van der Waals surface area contributed by atoms with Crippen molar-refractivity contribution in [3.8, 4) is 11.1 Å². The van der Waals surface area contributed by atoms with Gasteiger partial charge in [0.2, 0.25) is 10.0 Å². The summed E-state index contributed by atoms with van der Waals surface area (Å²) in [6.07, 6.45) is 0. The van der Waals surface area contributed by atoms with Crippen LogP contribution in [0.25, 0.3) is 11.1 Å². The molecular weight excluding hydrogens is 326 g/mol. The smallest absolute Gasteiger partial charge is 0.209 e. The van der Waals surface area contributed by atoms with Crippen molar-refractivity contribution in [3.05, 3.63) is 60.7 Å². The quantitative estimate of drug-likeness (QED) is 0.635. The van der Waals surface area contributed by atoms with Crippen molar-refractivity contribution < 1.29 is 4.74 Å². The maximum atomic E-state index is 5.05. The molecule has 0 aliphatic carbocycles. The molecule has 0 unspecified atom stereocenters. The van der Waals surface area contributed by atoms with E-state index in [2.05, 4.69) is 53.3 Å². The van der Waals surface area contributed by atoms with E-state index in [0.717, 1.165) is 0 Å². The van der Waals surface area contributed by atoms with Crippen LogP contribution in [0.3, 0.4) is 0 Å². The highest BCUT2D eigenvalue weighted by Gasteiger charge is 2.02. The zero-order valence-electron chi connectivity index (χ0n) is 9.85. The third kappa shape index (κ3) is 7.66. The van der Waals surface area contributed by atoms with E-state index in [0.29, 0.717) is 0 Å². The molecule has 19 heavy (non-hydrogen) atoms. The van der Waals surface area contributed by atoms with Crippen molar-refractivity contribution in [2.24, 2.45) is 0 Å². The normalized spacial score (nSPS) is 10.2. The van der Waals surface area contributed by atoms with E-state index >= 15 is 0 Å². The van der Waals surface area contributed by atoms with Gasteiger partial charge in [-0.3, -0.25) is 0 Å².